The van der Waals surface area contributed by atoms with Crippen LogP contribution >= 0.6 is 11.6 Å². The molecule has 23 heavy (non-hydrogen) atoms. The lowest BCUT2D eigenvalue weighted by atomic mass is 10.2. The smallest absolute Gasteiger partial charge is 0.328 e. The lowest BCUT2D eigenvalue weighted by Gasteiger charge is -2.08. The van der Waals surface area contributed by atoms with Gasteiger partial charge in [-0.1, -0.05) is 41.9 Å². The Hall–Kier alpha value is -2.60. The summed E-state index contributed by atoms with van der Waals surface area (Å²) < 4.78 is 4.07. The quantitative estimate of drug-likeness (QED) is 0.734. The minimum absolute atomic E-state index is 0.150. The molecule has 118 valence electrons. The van der Waals surface area contributed by atoms with Crippen LogP contribution in [0.15, 0.2) is 51.3 Å². The van der Waals surface area contributed by atoms with E-state index in [1.165, 1.54) is 17.9 Å². The fraction of sp³-hybridized carbons (Fsp3) is 0.188. The van der Waals surface area contributed by atoms with Crippen molar-refractivity contribution >= 4 is 28.8 Å². The van der Waals surface area contributed by atoms with Gasteiger partial charge in [0, 0.05) is 19.1 Å². The van der Waals surface area contributed by atoms with E-state index in [1.807, 2.05) is 30.3 Å². The van der Waals surface area contributed by atoms with Crippen LogP contribution in [0, 0.1) is 0 Å². The van der Waals surface area contributed by atoms with Gasteiger partial charge in [-0.15, -0.1) is 0 Å². The minimum atomic E-state index is -0.444. The Labute approximate surface area is 136 Å². The van der Waals surface area contributed by atoms with E-state index in [2.05, 4.69) is 4.98 Å². The standard InChI is InChI=1S/C16H15ClN4O2/c1-19-10-18-14-13(19)15(22)20(2)16(23)21(14)9-12(17)8-11-6-4-3-5-7-11/h3-8,10H,9H2,1-2H3. The highest BCUT2D eigenvalue weighted by atomic mass is 35.5. The predicted octanol–water partition coefficient (Wildman–Crippen LogP) is 1.71. The van der Waals surface area contributed by atoms with E-state index in [1.54, 1.807) is 17.7 Å². The highest BCUT2D eigenvalue weighted by Gasteiger charge is 2.15. The maximum Gasteiger partial charge on any atom is 0.332 e. The first-order valence-corrected chi connectivity index (χ1v) is 7.39. The van der Waals surface area contributed by atoms with Gasteiger partial charge in [0.15, 0.2) is 11.2 Å². The van der Waals surface area contributed by atoms with Gasteiger partial charge in [0.2, 0.25) is 0 Å². The topological polar surface area (TPSA) is 61.8 Å². The monoisotopic (exact) mass is 330 g/mol. The van der Waals surface area contributed by atoms with Gasteiger partial charge in [-0.05, 0) is 11.6 Å². The molecule has 2 aromatic heterocycles. The maximum absolute atomic E-state index is 12.4. The number of nitrogens with zero attached hydrogens (tertiary/aromatic N) is 4. The van der Waals surface area contributed by atoms with Crippen LogP contribution in [0.3, 0.4) is 0 Å². The molecular formula is C16H15ClN4O2. The summed E-state index contributed by atoms with van der Waals surface area (Å²) in [6.07, 6.45) is 3.30. The molecule has 7 heteroatoms. The Morgan fingerprint density at radius 1 is 1.22 bits per heavy atom. The molecule has 6 nitrogen and oxygen atoms in total. The fourth-order valence-corrected chi connectivity index (χ4v) is 2.69. The van der Waals surface area contributed by atoms with Gasteiger partial charge >= 0.3 is 5.69 Å². The third-order valence-corrected chi connectivity index (χ3v) is 3.86. The second-order valence-electron chi connectivity index (χ2n) is 5.26. The van der Waals surface area contributed by atoms with Crippen molar-refractivity contribution in [2.75, 3.05) is 0 Å². The molecule has 0 aliphatic carbocycles. The van der Waals surface area contributed by atoms with Gasteiger partial charge in [0.1, 0.15) is 0 Å². The van der Waals surface area contributed by atoms with E-state index < -0.39 is 5.69 Å². The van der Waals surface area contributed by atoms with E-state index in [4.69, 9.17) is 11.6 Å². The van der Waals surface area contributed by atoms with Crippen molar-refractivity contribution in [3.05, 3.63) is 68.1 Å². The molecular weight excluding hydrogens is 316 g/mol. The van der Waals surface area contributed by atoms with Gasteiger partial charge in [-0.2, -0.15) is 0 Å². The van der Waals surface area contributed by atoms with Gasteiger partial charge in [0.25, 0.3) is 5.56 Å². The van der Waals surface area contributed by atoms with Crippen molar-refractivity contribution in [2.45, 2.75) is 6.54 Å². The number of benzene rings is 1. The Kier molecular flexibility index (Phi) is 3.92. The van der Waals surface area contributed by atoms with E-state index in [9.17, 15) is 9.59 Å². The van der Waals surface area contributed by atoms with Crippen LogP contribution in [0.4, 0.5) is 0 Å². The molecule has 3 rings (SSSR count). The number of imidazole rings is 1. The maximum atomic E-state index is 12.4. The van der Waals surface area contributed by atoms with Crippen molar-refractivity contribution < 1.29 is 0 Å². The van der Waals surface area contributed by atoms with Crippen LogP contribution in [-0.2, 0) is 20.6 Å². The van der Waals surface area contributed by atoms with Crippen LogP contribution in [0.2, 0.25) is 0 Å². The molecule has 3 aromatic rings. The highest BCUT2D eigenvalue weighted by molar-refractivity contribution is 6.31. The minimum Gasteiger partial charge on any atom is -0.328 e. The zero-order chi connectivity index (χ0) is 16.6. The molecule has 0 unspecified atom stereocenters. The summed E-state index contributed by atoms with van der Waals surface area (Å²) in [4.78, 5) is 28.8. The average Bonchev–Trinajstić information content (AvgIpc) is 2.92. The van der Waals surface area contributed by atoms with Crippen molar-refractivity contribution in [3.8, 4) is 0 Å². The summed E-state index contributed by atoms with van der Waals surface area (Å²) >= 11 is 6.30. The van der Waals surface area contributed by atoms with Crippen LogP contribution in [0.1, 0.15) is 5.56 Å². The van der Waals surface area contributed by atoms with Crippen molar-refractivity contribution in [3.63, 3.8) is 0 Å². The first kappa shape index (κ1) is 15.3. The number of aryl methyl sites for hydroxylation is 1. The Bertz CT molecular complexity index is 1010. The molecule has 0 fully saturated rings. The molecule has 0 spiro atoms. The normalized spacial score (nSPS) is 12.0. The second-order valence-corrected chi connectivity index (χ2v) is 5.75. The van der Waals surface area contributed by atoms with Crippen LogP contribution in [0.25, 0.3) is 17.2 Å². The zero-order valence-electron chi connectivity index (χ0n) is 12.7. The van der Waals surface area contributed by atoms with Gasteiger partial charge < -0.3 is 4.57 Å². The predicted molar refractivity (Wildman–Crippen MR) is 90.5 cm³/mol. The first-order chi connectivity index (χ1) is 11.0. The summed E-state index contributed by atoms with van der Waals surface area (Å²) in [6.45, 7) is 0.150. The van der Waals surface area contributed by atoms with Crippen molar-refractivity contribution in [1.82, 2.24) is 18.7 Å². The SMILES string of the molecule is Cn1c(=O)c2c(ncn2C)n(CC(Cl)=Cc2ccccc2)c1=O. The number of hydrogen-bond donors (Lipinski definition) is 0. The molecule has 0 N–H and O–H groups in total. The molecule has 0 aliphatic rings. The lowest BCUT2D eigenvalue weighted by molar-refractivity contribution is 0.672. The molecule has 0 radical (unpaired) electrons. The van der Waals surface area contributed by atoms with Crippen molar-refractivity contribution in [2.24, 2.45) is 14.1 Å². The number of aromatic nitrogens is 4. The van der Waals surface area contributed by atoms with E-state index in [-0.39, 0.29) is 12.1 Å². The van der Waals surface area contributed by atoms with E-state index in [0.717, 1.165) is 10.1 Å². The van der Waals surface area contributed by atoms with E-state index in [0.29, 0.717) is 16.2 Å². The van der Waals surface area contributed by atoms with Crippen LogP contribution in [0.5, 0.6) is 0 Å². The first-order valence-electron chi connectivity index (χ1n) is 7.01. The van der Waals surface area contributed by atoms with Gasteiger partial charge in [-0.3, -0.25) is 13.9 Å². The molecule has 0 atom stereocenters. The largest absolute Gasteiger partial charge is 0.332 e. The molecule has 0 bridgehead atoms. The lowest BCUT2D eigenvalue weighted by Crippen LogP contribution is -2.38. The molecule has 0 saturated carbocycles. The number of hydrogen-bond acceptors (Lipinski definition) is 3. The highest BCUT2D eigenvalue weighted by Crippen LogP contribution is 2.14. The average molecular weight is 331 g/mol. The molecule has 2 heterocycles. The Morgan fingerprint density at radius 2 is 1.91 bits per heavy atom. The van der Waals surface area contributed by atoms with E-state index >= 15 is 0 Å². The summed E-state index contributed by atoms with van der Waals surface area (Å²) in [5.74, 6) is 0. The third-order valence-electron chi connectivity index (χ3n) is 3.63. The Morgan fingerprint density at radius 3 is 2.61 bits per heavy atom. The summed E-state index contributed by atoms with van der Waals surface area (Å²) in [7, 11) is 3.16. The third kappa shape index (κ3) is 2.73. The number of fused-ring (bicyclic) bond motifs is 1. The summed E-state index contributed by atoms with van der Waals surface area (Å²) in [5, 5.41) is 0.476. The number of rotatable bonds is 3. The zero-order valence-corrected chi connectivity index (χ0v) is 13.5. The summed E-state index contributed by atoms with van der Waals surface area (Å²) in [5.41, 5.74) is 0.828. The van der Waals surface area contributed by atoms with Crippen LogP contribution < -0.4 is 11.2 Å². The van der Waals surface area contributed by atoms with Crippen LogP contribution in [-0.4, -0.2) is 18.7 Å². The van der Waals surface area contributed by atoms with Gasteiger partial charge in [0.05, 0.1) is 12.9 Å². The fourth-order valence-electron chi connectivity index (χ4n) is 2.45. The van der Waals surface area contributed by atoms with Crippen molar-refractivity contribution in [1.29, 1.82) is 0 Å². The summed E-state index contributed by atoms with van der Waals surface area (Å²) in [6, 6.07) is 9.57. The number of halogens is 1. The molecule has 1 aromatic carbocycles. The molecule has 0 amide bonds. The Balaban J connectivity index is 2.12. The molecule has 0 saturated heterocycles. The number of allylic oxidation sites excluding steroid dienone is 1. The second kappa shape index (κ2) is 5.89. The molecule has 0 aliphatic heterocycles. The van der Waals surface area contributed by atoms with Gasteiger partial charge in [-0.25, -0.2) is 9.78 Å².